The van der Waals surface area contributed by atoms with Crippen molar-refractivity contribution in [2.24, 2.45) is 0 Å². The second-order valence-electron chi connectivity index (χ2n) is 5.88. The summed E-state index contributed by atoms with van der Waals surface area (Å²) < 4.78 is 17.4. The maximum absolute atomic E-state index is 13.1. The smallest absolute Gasteiger partial charge is 0.202 e. The van der Waals surface area contributed by atoms with Crippen molar-refractivity contribution in [1.29, 1.82) is 0 Å². The zero-order valence-corrected chi connectivity index (χ0v) is 13.8. The lowest BCUT2D eigenvalue weighted by Crippen LogP contribution is -2.27. The molecule has 0 aliphatic heterocycles. The Bertz CT molecular complexity index is 769. The number of pyridine rings is 1. The molecule has 0 aliphatic rings. The minimum Gasteiger partial charge on any atom is -0.359 e. The fourth-order valence-electron chi connectivity index (χ4n) is 2.19. The predicted molar refractivity (Wildman–Crippen MR) is 91.1 cm³/mol. The summed E-state index contributed by atoms with van der Waals surface area (Å²) in [7, 11) is 0. The summed E-state index contributed by atoms with van der Waals surface area (Å²) in [6, 6.07) is 12.3. The predicted octanol–water partition coefficient (Wildman–Crippen LogP) is 4.13. The van der Waals surface area contributed by atoms with Crippen LogP contribution < -0.4 is 5.32 Å². The van der Waals surface area contributed by atoms with Gasteiger partial charge >= 0.3 is 0 Å². The molecule has 1 N–H and O–H groups in total. The Morgan fingerprint density at radius 2 is 1.91 bits per heavy atom. The first-order valence-electron chi connectivity index (χ1n) is 7.30. The Balaban J connectivity index is 1.68. The first kappa shape index (κ1) is 15.6. The molecule has 0 unspecified atom stereocenters. The van der Waals surface area contributed by atoms with E-state index < -0.39 is 0 Å². The number of benzene rings is 1. The van der Waals surface area contributed by atoms with E-state index in [9.17, 15) is 4.39 Å². The Morgan fingerprint density at radius 3 is 2.61 bits per heavy atom. The maximum Gasteiger partial charge on any atom is 0.202 e. The zero-order chi connectivity index (χ0) is 16.3. The highest BCUT2D eigenvalue weighted by Crippen LogP contribution is 2.25. The number of anilines is 1. The quantitative estimate of drug-likeness (QED) is 0.765. The lowest BCUT2D eigenvalue weighted by Gasteiger charge is -2.25. The fraction of sp³-hybridized carbons (Fsp3) is 0.235. The van der Waals surface area contributed by atoms with Crippen LogP contribution in [0.5, 0.6) is 0 Å². The lowest BCUT2D eigenvalue weighted by molar-refractivity contribution is 0.553. The molecule has 0 atom stereocenters. The number of nitrogens with one attached hydrogen (secondary N) is 1. The van der Waals surface area contributed by atoms with E-state index in [-0.39, 0.29) is 11.2 Å². The van der Waals surface area contributed by atoms with Crippen LogP contribution in [-0.2, 0) is 5.41 Å². The number of halogens is 1. The SMILES string of the molecule is CC(C)(CNc1nc(-c2ccccn2)ns1)c1ccc(F)cc1. The number of hydrogen-bond donors (Lipinski definition) is 1. The molecule has 0 aliphatic carbocycles. The summed E-state index contributed by atoms with van der Waals surface area (Å²) in [6.45, 7) is 4.89. The molecule has 0 saturated heterocycles. The van der Waals surface area contributed by atoms with Gasteiger partial charge in [-0.3, -0.25) is 4.98 Å². The average molecular weight is 328 g/mol. The van der Waals surface area contributed by atoms with Gasteiger partial charge in [-0.2, -0.15) is 9.36 Å². The van der Waals surface area contributed by atoms with Gasteiger partial charge in [0.05, 0.1) is 0 Å². The van der Waals surface area contributed by atoms with Crippen LogP contribution in [0.15, 0.2) is 48.7 Å². The molecule has 4 nitrogen and oxygen atoms in total. The van der Waals surface area contributed by atoms with E-state index in [1.54, 1.807) is 6.20 Å². The van der Waals surface area contributed by atoms with Gasteiger partial charge in [-0.05, 0) is 29.8 Å². The minimum atomic E-state index is -0.221. The monoisotopic (exact) mass is 328 g/mol. The third-order valence-corrected chi connectivity index (χ3v) is 4.30. The molecule has 2 aromatic heterocycles. The number of aromatic nitrogens is 3. The molecule has 0 fully saturated rings. The van der Waals surface area contributed by atoms with Crippen LogP contribution in [0.25, 0.3) is 11.5 Å². The molecule has 2 heterocycles. The Labute approximate surface area is 138 Å². The first-order valence-corrected chi connectivity index (χ1v) is 8.07. The van der Waals surface area contributed by atoms with Crippen molar-refractivity contribution in [3.05, 3.63) is 60.0 Å². The van der Waals surface area contributed by atoms with E-state index in [2.05, 4.69) is 33.5 Å². The van der Waals surface area contributed by atoms with Crippen LogP contribution >= 0.6 is 11.5 Å². The average Bonchev–Trinajstić information content (AvgIpc) is 3.03. The fourth-order valence-corrected chi connectivity index (χ4v) is 2.77. The topological polar surface area (TPSA) is 50.7 Å². The van der Waals surface area contributed by atoms with Crippen molar-refractivity contribution in [1.82, 2.24) is 14.3 Å². The molecule has 0 radical (unpaired) electrons. The van der Waals surface area contributed by atoms with Crippen LogP contribution in [0, 0.1) is 5.82 Å². The Kier molecular flexibility index (Phi) is 4.34. The van der Waals surface area contributed by atoms with E-state index in [1.807, 2.05) is 30.3 Å². The molecule has 0 saturated carbocycles. The molecule has 23 heavy (non-hydrogen) atoms. The molecule has 6 heteroatoms. The molecule has 1 aromatic carbocycles. The zero-order valence-electron chi connectivity index (χ0n) is 13.0. The summed E-state index contributed by atoms with van der Waals surface area (Å²) in [6.07, 6.45) is 1.72. The van der Waals surface area contributed by atoms with Gasteiger partial charge in [0.1, 0.15) is 11.5 Å². The first-order chi connectivity index (χ1) is 11.0. The third kappa shape index (κ3) is 3.71. The largest absolute Gasteiger partial charge is 0.359 e. The van der Waals surface area contributed by atoms with Crippen molar-refractivity contribution in [2.45, 2.75) is 19.3 Å². The molecule has 118 valence electrons. The van der Waals surface area contributed by atoms with E-state index >= 15 is 0 Å². The molecular formula is C17H17FN4S. The van der Waals surface area contributed by atoms with Gasteiger partial charge in [-0.25, -0.2) is 4.39 Å². The summed E-state index contributed by atoms with van der Waals surface area (Å²) >= 11 is 1.31. The lowest BCUT2D eigenvalue weighted by atomic mass is 9.85. The minimum absolute atomic E-state index is 0.148. The third-order valence-electron chi connectivity index (χ3n) is 3.63. The van der Waals surface area contributed by atoms with E-state index in [0.29, 0.717) is 12.4 Å². The second-order valence-corrected chi connectivity index (χ2v) is 6.63. The van der Waals surface area contributed by atoms with Crippen LogP contribution in [0.4, 0.5) is 9.52 Å². The standard InChI is InChI=1S/C17H17FN4S/c1-17(2,12-6-8-13(18)9-7-12)11-20-16-21-15(22-23-16)14-5-3-4-10-19-14/h3-10H,11H2,1-2H3,(H,20,21,22). The highest BCUT2D eigenvalue weighted by molar-refractivity contribution is 7.09. The number of rotatable bonds is 5. The molecule has 3 rings (SSSR count). The van der Waals surface area contributed by atoms with Gasteiger partial charge in [0.15, 0.2) is 5.82 Å². The molecule has 3 aromatic rings. The number of nitrogens with zero attached hydrogens (tertiary/aromatic N) is 3. The van der Waals surface area contributed by atoms with E-state index in [4.69, 9.17) is 0 Å². The van der Waals surface area contributed by atoms with Crippen molar-refractivity contribution in [3.63, 3.8) is 0 Å². The van der Waals surface area contributed by atoms with Gasteiger partial charge in [0, 0.05) is 29.7 Å². The van der Waals surface area contributed by atoms with Crippen molar-refractivity contribution in [3.8, 4) is 11.5 Å². The van der Waals surface area contributed by atoms with E-state index in [1.165, 1.54) is 23.7 Å². The summed E-state index contributed by atoms with van der Waals surface area (Å²) in [4.78, 5) is 8.71. The van der Waals surface area contributed by atoms with Gasteiger partial charge in [0.2, 0.25) is 5.13 Å². The highest BCUT2D eigenvalue weighted by atomic mass is 32.1. The van der Waals surface area contributed by atoms with Crippen LogP contribution in [0.1, 0.15) is 19.4 Å². The van der Waals surface area contributed by atoms with E-state index in [0.717, 1.165) is 16.4 Å². The van der Waals surface area contributed by atoms with Crippen molar-refractivity contribution < 1.29 is 4.39 Å². The van der Waals surface area contributed by atoms with Crippen LogP contribution in [-0.4, -0.2) is 20.9 Å². The normalized spacial score (nSPS) is 11.4. The highest BCUT2D eigenvalue weighted by Gasteiger charge is 2.21. The second kappa shape index (κ2) is 6.42. The molecular weight excluding hydrogens is 311 g/mol. The van der Waals surface area contributed by atoms with Gasteiger partial charge in [-0.1, -0.05) is 32.0 Å². The van der Waals surface area contributed by atoms with Crippen LogP contribution in [0.2, 0.25) is 0 Å². The van der Waals surface area contributed by atoms with Gasteiger partial charge < -0.3 is 5.32 Å². The molecule has 0 amide bonds. The van der Waals surface area contributed by atoms with Gasteiger partial charge in [-0.15, -0.1) is 0 Å². The Hall–Kier alpha value is -2.34. The Morgan fingerprint density at radius 1 is 1.13 bits per heavy atom. The summed E-state index contributed by atoms with van der Waals surface area (Å²) in [5.41, 5.74) is 1.68. The van der Waals surface area contributed by atoms with Gasteiger partial charge in [0.25, 0.3) is 0 Å². The molecule has 0 spiro atoms. The molecule has 0 bridgehead atoms. The summed E-state index contributed by atoms with van der Waals surface area (Å²) in [5.74, 6) is 0.402. The summed E-state index contributed by atoms with van der Waals surface area (Å²) in [5, 5.41) is 4.06. The number of hydrogen-bond acceptors (Lipinski definition) is 5. The van der Waals surface area contributed by atoms with Crippen molar-refractivity contribution in [2.75, 3.05) is 11.9 Å². The van der Waals surface area contributed by atoms with Crippen LogP contribution in [0.3, 0.4) is 0 Å². The van der Waals surface area contributed by atoms with Crippen molar-refractivity contribution >= 4 is 16.7 Å². The maximum atomic E-state index is 13.1.